The molecule has 3 atom stereocenters. The van der Waals surface area contributed by atoms with Crippen LogP contribution in [0.15, 0.2) is 12.2 Å². The van der Waals surface area contributed by atoms with E-state index in [2.05, 4.69) is 0 Å². The molecule has 1 amide bonds. The summed E-state index contributed by atoms with van der Waals surface area (Å²) in [5, 5.41) is 9.21. The van der Waals surface area contributed by atoms with Crippen LogP contribution in [0.2, 0.25) is 0 Å². The first-order valence-corrected chi connectivity index (χ1v) is 6.20. The van der Waals surface area contributed by atoms with Gasteiger partial charge in [-0.25, -0.2) is 9.59 Å². The van der Waals surface area contributed by atoms with Crippen LogP contribution in [0.1, 0.15) is 33.6 Å². The van der Waals surface area contributed by atoms with E-state index < -0.39 is 23.7 Å². The standard InChI is InChI=1S/C13H19NO4/c1-13(2,3)18-12(17)14-9-6-4-5-8(9)7-10(14)11(15)16/h4,6,8-10H,5,7H2,1-3H3,(H,15,16)/t8?,9?,10-/m1/s1. The van der Waals surface area contributed by atoms with Gasteiger partial charge in [0.05, 0.1) is 6.04 Å². The van der Waals surface area contributed by atoms with Crippen molar-refractivity contribution in [2.75, 3.05) is 0 Å². The van der Waals surface area contributed by atoms with Gasteiger partial charge in [0, 0.05) is 0 Å². The number of hydrogen-bond acceptors (Lipinski definition) is 3. The summed E-state index contributed by atoms with van der Waals surface area (Å²) in [7, 11) is 0. The SMILES string of the molecule is CC(C)(C)OC(=O)N1C2C=CCC2C[C@@H]1C(=O)O. The maximum Gasteiger partial charge on any atom is 0.411 e. The maximum atomic E-state index is 12.1. The van der Waals surface area contributed by atoms with Crippen LogP contribution < -0.4 is 0 Å². The second kappa shape index (κ2) is 4.30. The number of carbonyl (C=O) groups is 2. The molecule has 0 spiro atoms. The second-order valence-electron chi connectivity index (χ2n) is 5.89. The van der Waals surface area contributed by atoms with Crippen LogP contribution >= 0.6 is 0 Å². The summed E-state index contributed by atoms with van der Waals surface area (Å²) < 4.78 is 5.30. The minimum Gasteiger partial charge on any atom is -0.480 e. The summed E-state index contributed by atoms with van der Waals surface area (Å²) in [5.41, 5.74) is -0.611. The molecule has 2 unspecified atom stereocenters. The zero-order valence-electron chi connectivity index (χ0n) is 10.9. The highest BCUT2D eigenvalue weighted by molar-refractivity contribution is 5.81. The van der Waals surface area contributed by atoms with Crippen LogP contribution in [0.5, 0.6) is 0 Å². The normalized spacial score (nSPS) is 30.4. The highest BCUT2D eigenvalue weighted by Gasteiger charge is 2.48. The molecule has 18 heavy (non-hydrogen) atoms. The molecular formula is C13H19NO4. The number of aliphatic carboxylic acids is 1. The van der Waals surface area contributed by atoms with Gasteiger partial charge in [-0.1, -0.05) is 12.2 Å². The summed E-state index contributed by atoms with van der Waals surface area (Å²) in [6, 6.07) is -0.888. The van der Waals surface area contributed by atoms with Gasteiger partial charge < -0.3 is 9.84 Å². The highest BCUT2D eigenvalue weighted by Crippen LogP contribution is 2.38. The summed E-state index contributed by atoms with van der Waals surface area (Å²) in [6.45, 7) is 5.33. The molecule has 0 aromatic heterocycles. The van der Waals surface area contributed by atoms with Crippen molar-refractivity contribution in [1.29, 1.82) is 0 Å². The number of likely N-dealkylation sites (tertiary alicyclic amines) is 1. The summed E-state index contributed by atoms with van der Waals surface area (Å²) >= 11 is 0. The molecule has 0 aromatic rings. The molecule has 0 aromatic carbocycles. The molecule has 2 aliphatic rings. The minimum atomic E-state index is -0.955. The Kier molecular flexibility index (Phi) is 3.09. The number of amides is 1. The Morgan fingerprint density at radius 2 is 2.06 bits per heavy atom. The molecule has 1 fully saturated rings. The van der Waals surface area contributed by atoms with Crippen molar-refractivity contribution in [2.24, 2.45) is 5.92 Å². The Morgan fingerprint density at radius 3 is 2.61 bits per heavy atom. The van der Waals surface area contributed by atoms with Gasteiger partial charge in [0.15, 0.2) is 0 Å². The number of fused-ring (bicyclic) bond motifs is 1. The lowest BCUT2D eigenvalue weighted by Gasteiger charge is -2.29. The third kappa shape index (κ3) is 2.35. The zero-order chi connectivity index (χ0) is 13.5. The van der Waals surface area contributed by atoms with E-state index in [1.807, 2.05) is 12.2 Å². The molecule has 2 rings (SSSR count). The number of carboxylic acid groups (broad SMARTS) is 1. The lowest BCUT2D eigenvalue weighted by atomic mass is 10.0. The Balaban J connectivity index is 2.18. The van der Waals surface area contributed by atoms with Crippen LogP contribution in [0.3, 0.4) is 0 Å². The van der Waals surface area contributed by atoms with Crippen molar-refractivity contribution in [3.05, 3.63) is 12.2 Å². The van der Waals surface area contributed by atoms with Gasteiger partial charge in [0.25, 0.3) is 0 Å². The largest absolute Gasteiger partial charge is 0.480 e. The number of hydrogen-bond donors (Lipinski definition) is 1. The van der Waals surface area contributed by atoms with Crippen LogP contribution in [0.25, 0.3) is 0 Å². The Morgan fingerprint density at radius 1 is 1.39 bits per heavy atom. The first kappa shape index (κ1) is 12.9. The molecule has 1 aliphatic carbocycles. The molecule has 5 nitrogen and oxygen atoms in total. The number of carboxylic acids is 1. The van der Waals surface area contributed by atoms with E-state index in [0.717, 1.165) is 6.42 Å². The Hall–Kier alpha value is -1.52. The second-order valence-corrected chi connectivity index (χ2v) is 5.89. The molecule has 1 aliphatic heterocycles. The van der Waals surface area contributed by atoms with Crippen molar-refractivity contribution in [3.63, 3.8) is 0 Å². The Bertz CT molecular complexity index is 396. The van der Waals surface area contributed by atoms with Crippen molar-refractivity contribution >= 4 is 12.1 Å². The van der Waals surface area contributed by atoms with E-state index >= 15 is 0 Å². The molecular weight excluding hydrogens is 234 g/mol. The first-order chi connectivity index (χ1) is 8.29. The van der Waals surface area contributed by atoms with Crippen molar-refractivity contribution in [1.82, 2.24) is 4.90 Å². The van der Waals surface area contributed by atoms with Gasteiger partial charge in [-0.15, -0.1) is 0 Å². The molecule has 100 valence electrons. The summed E-state index contributed by atoms with van der Waals surface area (Å²) in [4.78, 5) is 24.7. The van der Waals surface area contributed by atoms with Gasteiger partial charge in [-0.05, 0) is 39.5 Å². The molecule has 0 radical (unpaired) electrons. The number of allylic oxidation sites excluding steroid dienone is 1. The van der Waals surface area contributed by atoms with Crippen LogP contribution in [-0.4, -0.2) is 39.8 Å². The first-order valence-electron chi connectivity index (χ1n) is 6.20. The predicted octanol–water partition coefficient (Wildman–Crippen LogP) is 2.03. The molecule has 1 heterocycles. The van der Waals surface area contributed by atoms with E-state index in [-0.39, 0.29) is 12.0 Å². The molecule has 1 saturated heterocycles. The average Bonchev–Trinajstić information content (AvgIpc) is 2.70. The number of nitrogens with zero attached hydrogens (tertiary/aromatic N) is 1. The van der Waals surface area contributed by atoms with Crippen LogP contribution in [0.4, 0.5) is 4.79 Å². The van der Waals surface area contributed by atoms with Crippen LogP contribution in [-0.2, 0) is 9.53 Å². The van der Waals surface area contributed by atoms with E-state index in [4.69, 9.17) is 4.74 Å². The fourth-order valence-electron chi connectivity index (χ4n) is 2.64. The monoisotopic (exact) mass is 253 g/mol. The van der Waals surface area contributed by atoms with Gasteiger partial charge in [0.1, 0.15) is 11.6 Å². The van der Waals surface area contributed by atoms with E-state index in [1.165, 1.54) is 4.90 Å². The fraction of sp³-hybridized carbons (Fsp3) is 0.692. The number of rotatable bonds is 1. The Labute approximate surface area is 106 Å². The summed E-state index contributed by atoms with van der Waals surface area (Å²) in [6.07, 6.45) is 4.73. The molecule has 0 bridgehead atoms. The fourth-order valence-corrected chi connectivity index (χ4v) is 2.64. The van der Waals surface area contributed by atoms with Gasteiger partial charge in [0.2, 0.25) is 0 Å². The average molecular weight is 253 g/mol. The van der Waals surface area contributed by atoms with Crippen molar-refractivity contribution in [2.45, 2.75) is 51.3 Å². The topological polar surface area (TPSA) is 66.8 Å². The number of carbonyl (C=O) groups excluding carboxylic acids is 1. The van der Waals surface area contributed by atoms with E-state index in [1.54, 1.807) is 20.8 Å². The smallest absolute Gasteiger partial charge is 0.411 e. The van der Waals surface area contributed by atoms with E-state index in [0.29, 0.717) is 6.42 Å². The number of ether oxygens (including phenoxy) is 1. The zero-order valence-corrected chi connectivity index (χ0v) is 10.9. The molecule has 1 N–H and O–H groups in total. The van der Waals surface area contributed by atoms with Crippen molar-refractivity contribution in [3.8, 4) is 0 Å². The molecule has 0 saturated carbocycles. The molecule has 5 heteroatoms. The maximum absolute atomic E-state index is 12.1. The van der Waals surface area contributed by atoms with Gasteiger partial charge >= 0.3 is 12.1 Å². The van der Waals surface area contributed by atoms with Crippen molar-refractivity contribution < 1.29 is 19.4 Å². The van der Waals surface area contributed by atoms with Crippen LogP contribution in [0, 0.1) is 5.92 Å². The third-order valence-corrected chi connectivity index (χ3v) is 3.33. The van der Waals surface area contributed by atoms with Gasteiger partial charge in [-0.2, -0.15) is 0 Å². The highest BCUT2D eigenvalue weighted by atomic mass is 16.6. The summed E-state index contributed by atoms with van der Waals surface area (Å²) in [5.74, 6) is -0.734. The lowest BCUT2D eigenvalue weighted by molar-refractivity contribution is -0.142. The quantitative estimate of drug-likeness (QED) is 0.726. The van der Waals surface area contributed by atoms with Gasteiger partial charge in [-0.3, -0.25) is 4.90 Å². The lowest BCUT2D eigenvalue weighted by Crippen LogP contribution is -2.46. The van der Waals surface area contributed by atoms with E-state index in [9.17, 15) is 14.7 Å². The minimum absolute atomic E-state index is 0.124. The third-order valence-electron chi connectivity index (χ3n) is 3.33. The predicted molar refractivity (Wildman–Crippen MR) is 65.1 cm³/mol.